The zero-order valence-corrected chi connectivity index (χ0v) is 14.9. The van der Waals surface area contributed by atoms with Crippen LogP contribution >= 0.6 is 0 Å². The van der Waals surface area contributed by atoms with E-state index in [4.69, 9.17) is 9.52 Å². The summed E-state index contributed by atoms with van der Waals surface area (Å²) < 4.78 is 5.97. The second kappa shape index (κ2) is 9.14. The van der Waals surface area contributed by atoms with Gasteiger partial charge in [0.25, 0.3) is 5.91 Å². The first-order chi connectivity index (χ1) is 11.2. The molecule has 0 aliphatic heterocycles. The highest BCUT2D eigenvalue weighted by atomic mass is 16.4. The van der Waals surface area contributed by atoms with Crippen LogP contribution < -0.4 is 5.32 Å². The van der Waals surface area contributed by atoms with Gasteiger partial charge in [-0.2, -0.15) is 0 Å². The van der Waals surface area contributed by atoms with Gasteiger partial charge in [0.2, 0.25) is 0 Å². The molecule has 0 radical (unpaired) electrons. The Morgan fingerprint density at radius 1 is 1.33 bits per heavy atom. The van der Waals surface area contributed by atoms with Crippen LogP contribution in [0.15, 0.2) is 16.5 Å². The number of hydrogen-bond acceptors (Lipinski definition) is 3. The Balaban J connectivity index is 2.71. The molecular weight excluding hydrogens is 308 g/mol. The zero-order valence-electron chi connectivity index (χ0n) is 14.9. The molecular formula is C18H27N2O4+. The van der Waals surface area contributed by atoms with Crippen molar-refractivity contribution in [2.75, 3.05) is 27.7 Å². The van der Waals surface area contributed by atoms with Crippen molar-refractivity contribution in [3.63, 3.8) is 0 Å². The Labute approximate surface area is 143 Å². The molecule has 132 valence electrons. The molecule has 6 nitrogen and oxygen atoms in total. The van der Waals surface area contributed by atoms with Crippen LogP contribution in [0.3, 0.4) is 0 Å². The van der Waals surface area contributed by atoms with E-state index in [0.29, 0.717) is 16.8 Å². The summed E-state index contributed by atoms with van der Waals surface area (Å²) in [7, 11) is 5.83. The molecule has 2 N–H and O–H groups in total. The molecule has 6 heteroatoms. The number of aliphatic carboxylic acids is 1. The van der Waals surface area contributed by atoms with Gasteiger partial charge in [-0.25, -0.2) is 0 Å². The smallest absolute Gasteiger partial charge is 0.305 e. The van der Waals surface area contributed by atoms with E-state index < -0.39 is 17.9 Å². The molecule has 0 aromatic carbocycles. The molecule has 1 atom stereocenters. The van der Waals surface area contributed by atoms with Gasteiger partial charge >= 0.3 is 5.97 Å². The number of nitrogens with one attached hydrogen (secondary N) is 1. The summed E-state index contributed by atoms with van der Waals surface area (Å²) in [4.78, 5) is 23.2. The second-order valence-electron chi connectivity index (χ2n) is 6.81. The number of quaternary nitrogens is 1. The maximum absolute atomic E-state index is 12.3. The van der Waals surface area contributed by atoms with Crippen LogP contribution in [0.25, 0.3) is 0 Å². The van der Waals surface area contributed by atoms with Gasteiger partial charge in [-0.1, -0.05) is 19.3 Å². The van der Waals surface area contributed by atoms with E-state index in [-0.39, 0.29) is 12.2 Å². The Kier molecular flexibility index (Phi) is 7.53. The third-order valence-electron chi connectivity index (χ3n) is 3.22. The van der Waals surface area contributed by atoms with E-state index in [0.717, 1.165) is 19.3 Å². The lowest BCUT2D eigenvalue weighted by Gasteiger charge is -2.28. The summed E-state index contributed by atoms with van der Waals surface area (Å²) in [6.45, 7) is 2.60. The third kappa shape index (κ3) is 7.84. The number of nitrogens with zero attached hydrogens (tertiary/aromatic N) is 1. The van der Waals surface area contributed by atoms with E-state index in [1.165, 1.54) is 0 Å². The van der Waals surface area contributed by atoms with Gasteiger partial charge in [0.1, 0.15) is 0 Å². The SMILES string of the molecule is CCCCC#Cc1ccc(C(=O)N[C@H](CC(=O)O)C[N+](C)(C)C)o1. The minimum Gasteiger partial charge on any atom is -0.481 e. The molecule has 1 aromatic rings. The topological polar surface area (TPSA) is 79.5 Å². The number of rotatable bonds is 8. The Morgan fingerprint density at radius 2 is 2.04 bits per heavy atom. The van der Waals surface area contributed by atoms with Gasteiger partial charge in [0.15, 0.2) is 11.5 Å². The first-order valence-electron chi connectivity index (χ1n) is 8.13. The highest BCUT2D eigenvalue weighted by molar-refractivity contribution is 5.92. The van der Waals surface area contributed by atoms with Crippen molar-refractivity contribution in [3.8, 4) is 11.8 Å². The van der Waals surface area contributed by atoms with Crippen LogP contribution in [-0.4, -0.2) is 55.2 Å². The van der Waals surface area contributed by atoms with E-state index >= 15 is 0 Å². The number of unbranched alkanes of at least 4 members (excludes halogenated alkanes) is 2. The predicted molar refractivity (Wildman–Crippen MR) is 91.5 cm³/mol. The molecule has 1 rings (SSSR count). The minimum absolute atomic E-state index is 0.133. The predicted octanol–water partition coefficient (Wildman–Crippen LogP) is 2.10. The number of hydrogen-bond donors (Lipinski definition) is 2. The number of furan rings is 1. The van der Waals surface area contributed by atoms with Crippen molar-refractivity contribution >= 4 is 11.9 Å². The summed E-state index contributed by atoms with van der Waals surface area (Å²) in [6, 6.07) is 2.74. The summed E-state index contributed by atoms with van der Waals surface area (Å²) in [5, 5.41) is 11.7. The largest absolute Gasteiger partial charge is 0.481 e. The Morgan fingerprint density at radius 3 is 2.62 bits per heavy atom. The summed E-state index contributed by atoms with van der Waals surface area (Å²) in [5.74, 6) is 5.10. The lowest BCUT2D eigenvalue weighted by atomic mass is 10.2. The third-order valence-corrected chi connectivity index (χ3v) is 3.22. The molecule has 1 heterocycles. The highest BCUT2D eigenvalue weighted by Gasteiger charge is 2.24. The van der Waals surface area contributed by atoms with Gasteiger partial charge in [-0.3, -0.25) is 9.59 Å². The normalized spacial score (nSPS) is 12.2. The van der Waals surface area contributed by atoms with Crippen LogP contribution in [0.2, 0.25) is 0 Å². The van der Waals surface area contributed by atoms with Gasteiger partial charge in [0.05, 0.1) is 40.2 Å². The van der Waals surface area contributed by atoms with Crippen LogP contribution in [-0.2, 0) is 4.79 Å². The standard InChI is InChI=1S/C18H26N2O4/c1-5-6-7-8-9-15-10-11-16(24-15)18(23)19-14(12-17(21)22)13-20(2,3)4/h10-11,14H,5-7,12-13H2,1-4H3,(H-,19,21,22,23)/p+1/t14-/m1/s1. The number of carbonyl (C=O) groups excluding carboxylic acids is 1. The number of amides is 1. The summed E-state index contributed by atoms with van der Waals surface area (Å²) in [5.41, 5.74) is 0. The average molecular weight is 335 g/mol. The fourth-order valence-electron chi connectivity index (χ4n) is 2.23. The molecule has 1 amide bonds. The maximum Gasteiger partial charge on any atom is 0.305 e. The summed E-state index contributed by atoms with van der Waals surface area (Å²) in [6.07, 6.45) is 2.77. The maximum atomic E-state index is 12.3. The van der Waals surface area contributed by atoms with E-state index in [1.807, 2.05) is 21.1 Å². The molecule has 1 aromatic heterocycles. The highest BCUT2D eigenvalue weighted by Crippen LogP contribution is 2.09. The monoisotopic (exact) mass is 335 g/mol. The van der Waals surface area contributed by atoms with Gasteiger partial charge in [-0.15, -0.1) is 0 Å². The fourth-order valence-corrected chi connectivity index (χ4v) is 2.23. The molecule has 0 aliphatic rings. The van der Waals surface area contributed by atoms with Crippen molar-refractivity contribution < 1.29 is 23.6 Å². The Hall–Kier alpha value is -2.26. The van der Waals surface area contributed by atoms with Gasteiger partial charge < -0.3 is 19.3 Å². The molecule has 0 saturated heterocycles. The first-order valence-corrected chi connectivity index (χ1v) is 8.13. The quantitative estimate of drug-likeness (QED) is 0.433. The second-order valence-corrected chi connectivity index (χ2v) is 6.81. The Bertz CT molecular complexity index is 617. The van der Waals surface area contributed by atoms with Gasteiger partial charge in [-0.05, 0) is 24.5 Å². The lowest BCUT2D eigenvalue weighted by Crippen LogP contribution is -2.49. The van der Waals surface area contributed by atoms with E-state index in [9.17, 15) is 9.59 Å². The van der Waals surface area contributed by atoms with Crippen molar-refractivity contribution in [3.05, 3.63) is 23.7 Å². The summed E-state index contributed by atoms with van der Waals surface area (Å²) >= 11 is 0. The average Bonchev–Trinajstić information content (AvgIpc) is 2.90. The first kappa shape index (κ1) is 19.8. The van der Waals surface area contributed by atoms with Crippen molar-refractivity contribution in [2.24, 2.45) is 0 Å². The number of carboxylic acids is 1. The molecule has 0 saturated carbocycles. The van der Waals surface area contributed by atoms with Crippen LogP contribution in [0.4, 0.5) is 0 Å². The zero-order chi connectivity index (χ0) is 18.2. The van der Waals surface area contributed by atoms with Crippen LogP contribution in [0, 0.1) is 11.8 Å². The van der Waals surface area contributed by atoms with Gasteiger partial charge in [0, 0.05) is 6.42 Å². The van der Waals surface area contributed by atoms with Crippen molar-refractivity contribution in [1.82, 2.24) is 5.32 Å². The van der Waals surface area contributed by atoms with Crippen molar-refractivity contribution in [2.45, 2.75) is 38.6 Å². The van der Waals surface area contributed by atoms with Crippen LogP contribution in [0.5, 0.6) is 0 Å². The minimum atomic E-state index is -0.948. The number of carbonyl (C=O) groups is 2. The molecule has 0 unspecified atom stereocenters. The van der Waals surface area contributed by atoms with E-state index in [1.54, 1.807) is 12.1 Å². The number of likely N-dealkylation sites (N-methyl/N-ethyl adjacent to an activating group) is 1. The van der Waals surface area contributed by atoms with Crippen LogP contribution in [0.1, 0.15) is 48.9 Å². The molecule has 0 aliphatic carbocycles. The lowest BCUT2D eigenvalue weighted by molar-refractivity contribution is -0.871. The molecule has 0 fully saturated rings. The van der Waals surface area contributed by atoms with Crippen molar-refractivity contribution in [1.29, 1.82) is 0 Å². The van der Waals surface area contributed by atoms with E-state index in [2.05, 4.69) is 24.1 Å². The molecule has 0 bridgehead atoms. The fraction of sp³-hybridized carbons (Fsp3) is 0.556. The number of carboxylic acid groups (broad SMARTS) is 1. The molecule has 0 spiro atoms. The molecule has 24 heavy (non-hydrogen) atoms.